The zero-order valence-corrected chi connectivity index (χ0v) is 12.9. The lowest BCUT2D eigenvalue weighted by Gasteiger charge is -2.29. The van der Waals surface area contributed by atoms with Crippen LogP contribution in [0.5, 0.6) is 11.5 Å². The maximum Gasteiger partial charge on any atom is 0.187 e. The van der Waals surface area contributed by atoms with Gasteiger partial charge in [-0.25, -0.2) is 0 Å². The van der Waals surface area contributed by atoms with Gasteiger partial charge >= 0.3 is 0 Å². The van der Waals surface area contributed by atoms with Gasteiger partial charge in [-0.05, 0) is 25.0 Å². The number of aliphatic hydroxyl groups is 1. The molecular weight excluding hydrogens is 272 g/mol. The van der Waals surface area contributed by atoms with E-state index in [-0.39, 0.29) is 0 Å². The summed E-state index contributed by atoms with van der Waals surface area (Å²) < 4.78 is 22.3. The summed E-state index contributed by atoms with van der Waals surface area (Å²) in [4.78, 5) is 0. The van der Waals surface area contributed by atoms with Crippen LogP contribution in [0.15, 0.2) is 12.1 Å². The predicted molar refractivity (Wildman–Crippen MR) is 78.7 cm³/mol. The van der Waals surface area contributed by atoms with E-state index in [0.717, 1.165) is 18.4 Å². The van der Waals surface area contributed by atoms with Crippen molar-refractivity contribution in [2.45, 2.75) is 38.6 Å². The highest BCUT2D eigenvalue weighted by molar-refractivity contribution is 5.50. The number of hydrogen-bond acceptors (Lipinski definition) is 5. The first-order valence-corrected chi connectivity index (χ1v) is 7.39. The number of rotatable bonds is 6. The Balaban J connectivity index is 2.50. The summed E-state index contributed by atoms with van der Waals surface area (Å²) in [7, 11) is 3.19. The number of methoxy groups -OCH3 is 2. The summed E-state index contributed by atoms with van der Waals surface area (Å²) in [6.45, 7) is 3.30. The zero-order chi connectivity index (χ0) is 15.2. The van der Waals surface area contributed by atoms with Gasteiger partial charge in [-0.3, -0.25) is 0 Å². The minimum absolute atomic E-state index is 0.523. The third kappa shape index (κ3) is 3.48. The van der Waals surface area contributed by atoms with Gasteiger partial charge < -0.3 is 24.1 Å². The minimum atomic E-state index is -0.635. The summed E-state index contributed by atoms with van der Waals surface area (Å²) in [6, 6.07) is 3.62. The molecule has 0 spiro atoms. The van der Waals surface area contributed by atoms with E-state index in [1.165, 1.54) is 0 Å². The second-order valence-corrected chi connectivity index (χ2v) is 5.03. The van der Waals surface area contributed by atoms with Crippen LogP contribution in [0.25, 0.3) is 0 Å². The molecule has 1 aromatic carbocycles. The minimum Gasteiger partial charge on any atom is -0.496 e. The third-order valence-electron chi connectivity index (χ3n) is 3.61. The summed E-state index contributed by atoms with van der Waals surface area (Å²) in [6.07, 6.45) is 1.22. The Kier molecular flexibility index (Phi) is 5.85. The van der Waals surface area contributed by atoms with Crippen molar-refractivity contribution in [2.24, 2.45) is 0 Å². The maximum atomic E-state index is 10.5. The van der Waals surface area contributed by atoms with Crippen molar-refractivity contribution in [2.75, 3.05) is 27.4 Å². The molecule has 5 nitrogen and oxygen atoms in total. The standard InChI is InChI=1S/C16H24O5/c1-4-6-11(17)14-12(18-2)7-8-13(19-3)15(14)16-20-9-5-10-21-16/h7-8,11,16-17H,4-6,9-10H2,1-3H3. The van der Waals surface area contributed by atoms with Gasteiger partial charge in [0.05, 0.1) is 39.1 Å². The third-order valence-corrected chi connectivity index (χ3v) is 3.61. The second kappa shape index (κ2) is 7.64. The first-order valence-electron chi connectivity index (χ1n) is 7.39. The molecule has 1 saturated heterocycles. The second-order valence-electron chi connectivity index (χ2n) is 5.03. The van der Waals surface area contributed by atoms with E-state index in [1.54, 1.807) is 20.3 Å². The van der Waals surface area contributed by atoms with Gasteiger partial charge in [0.15, 0.2) is 6.29 Å². The molecule has 0 amide bonds. The Morgan fingerprint density at radius 3 is 2.38 bits per heavy atom. The van der Waals surface area contributed by atoms with E-state index in [0.29, 0.717) is 36.7 Å². The Morgan fingerprint density at radius 1 is 1.19 bits per heavy atom. The number of benzene rings is 1. The van der Waals surface area contributed by atoms with Crippen LogP contribution in [-0.4, -0.2) is 32.5 Å². The number of hydrogen-bond donors (Lipinski definition) is 1. The molecule has 1 aliphatic rings. The average Bonchev–Trinajstić information content (AvgIpc) is 2.54. The van der Waals surface area contributed by atoms with Gasteiger partial charge in [-0.1, -0.05) is 13.3 Å². The molecule has 0 bridgehead atoms. The fourth-order valence-corrected chi connectivity index (χ4v) is 2.61. The molecule has 1 unspecified atom stereocenters. The summed E-state index contributed by atoms with van der Waals surface area (Å²) in [5.74, 6) is 1.28. The van der Waals surface area contributed by atoms with Crippen molar-refractivity contribution in [1.29, 1.82) is 0 Å². The molecule has 1 aromatic rings. The smallest absolute Gasteiger partial charge is 0.187 e. The van der Waals surface area contributed by atoms with Crippen LogP contribution in [-0.2, 0) is 9.47 Å². The van der Waals surface area contributed by atoms with Gasteiger partial charge in [0.2, 0.25) is 0 Å². The quantitative estimate of drug-likeness (QED) is 0.874. The van der Waals surface area contributed by atoms with E-state index in [1.807, 2.05) is 13.0 Å². The van der Waals surface area contributed by atoms with Gasteiger partial charge in [0.1, 0.15) is 11.5 Å². The van der Waals surface area contributed by atoms with Crippen molar-refractivity contribution in [3.8, 4) is 11.5 Å². The molecule has 1 fully saturated rings. The van der Waals surface area contributed by atoms with E-state index in [4.69, 9.17) is 18.9 Å². The van der Waals surface area contributed by atoms with E-state index in [9.17, 15) is 5.11 Å². The van der Waals surface area contributed by atoms with E-state index < -0.39 is 12.4 Å². The fourth-order valence-electron chi connectivity index (χ4n) is 2.61. The van der Waals surface area contributed by atoms with Gasteiger partial charge in [-0.2, -0.15) is 0 Å². The molecule has 5 heteroatoms. The lowest BCUT2D eigenvalue weighted by molar-refractivity contribution is -0.184. The van der Waals surface area contributed by atoms with Crippen molar-refractivity contribution in [3.63, 3.8) is 0 Å². The fraction of sp³-hybridized carbons (Fsp3) is 0.625. The lowest BCUT2D eigenvalue weighted by atomic mass is 9.96. The topological polar surface area (TPSA) is 57.2 Å². The normalized spacial score (nSPS) is 17.5. The Bertz CT molecular complexity index is 454. The van der Waals surface area contributed by atoms with Crippen molar-refractivity contribution in [1.82, 2.24) is 0 Å². The molecule has 1 N–H and O–H groups in total. The highest BCUT2D eigenvalue weighted by atomic mass is 16.7. The first kappa shape index (κ1) is 16.1. The van der Waals surface area contributed by atoms with Crippen LogP contribution < -0.4 is 9.47 Å². The molecule has 1 heterocycles. The van der Waals surface area contributed by atoms with Crippen LogP contribution in [0.1, 0.15) is 49.7 Å². The van der Waals surface area contributed by atoms with Crippen molar-refractivity contribution < 1.29 is 24.1 Å². The van der Waals surface area contributed by atoms with E-state index in [2.05, 4.69) is 0 Å². The highest BCUT2D eigenvalue weighted by Crippen LogP contribution is 2.42. The summed E-state index contributed by atoms with van der Waals surface area (Å²) in [5, 5.41) is 10.5. The highest BCUT2D eigenvalue weighted by Gasteiger charge is 2.29. The van der Waals surface area contributed by atoms with Crippen molar-refractivity contribution >= 4 is 0 Å². The van der Waals surface area contributed by atoms with E-state index >= 15 is 0 Å². The molecule has 21 heavy (non-hydrogen) atoms. The molecule has 0 aliphatic carbocycles. The van der Waals surface area contributed by atoms with Gasteiger partial charge in [0, 0.05) is 5.56 Å². The zero-order valence-electron chi connectivity index (χ0n) is 12.9. The summed E-state index contributed by atoms with van der Waals surface area (Å²) >= 11 is 0. The molecule has 0 saturated carbocycles. The maximum absolute atomic E-state index is 10.5. The number of ether oxygens (including phenoxy) is 4. The number of aliphatic hydroxyl groups excluding tert-OH is 1. The molecular formula is C16H24O5. The summed E-state index contributed by atoms with van der Waals surface area (Å²) in [5.41, 5.74) is 1.43. The van der Waals surface area contributed by atoms with Crippen LogP contribution in [0.4, 0.5) is 0 Å². The van der Waals surface area contributed by atoms with Crippen LogP contribution in [0.3, 0.4) is 0 Å². The van der Waals surface area contributed by atoms with Crippen molar-refractivity contribution in [3.05, 3.63) is 23.3 Å². The predicted octanol–water partition coefficient (Wildman–Crippen LogP) is 2.97. The Labute approximate surface area is 125 Å². The Hall–Kier alpha value is -1.30. The largest absolute Gasteiger partial charge is 0.496 e. The van der Waals surface area contributed by atoms with Crippen LogP contribution in [0.2, 0.25) is 0 Å². The van der Waals surface area contributed by atoms with Crippen LogP contribution >= 0.6 is 0 Å². The molecule has 118 valence electrons. The molecule has 1 aliphatic heterocycles. The average molecular weight is 296 g/mol. The van der Waals surface area contributed by atoms with Crippen LogP contribution in [0, 0.1) is 0 Å². The first-order chi connectivity index (χ1) is 10.2. The SMILES string of the molecule is CCCC(O)c1c(OC)ccc(OC)c1C1OCCCO1. The monoisotopic (exact) mass is 296 g/mol. The Morgan fingerprint density at radius 2 is 1.81 bits per heavy atom. The van der Waals surface area contributed by atoms with Gasteiger partial charge in [0.25, 0.3) is 0 Å². The molecule has 0 radical (unpaired) electrons. The molecule has 0 aromatic heterocycles. The lowest BCUT2D eigenvalue weighted by Crippen LogP contribution is -2.21. The van der Waals surface area contributed by atoms with Gasteiger partial charge in [-0.15, -0.1) is 0 Å². The molecule has 2 rings (SSSR count). The molecule has 1 atom stereocenters.